The van der Waals surface area contributed by atoms with Crippen LogP contribution in [0.3, 0.4) is 0 Å². The highest BCUT2D eigenvalue weighted by Gasteiger charge is 2.25. The lowest BCUT2D eigenvalue weighted by Crippen LogP contribution is -2.13. The Morgan fingerprint density at radius 3 is 2.33 bits per heavy atom. The summed E-state index contributed by atoms with van der Waals surface area (Å²) in [4.78, 5) is -0.0825. The Bertz CT molecular complexity index is 840. The summed E-state index contributed by atoms with van der Waals surface area (Å²) in [6.45, 7) is 5.47. The second kappa shape index (κ2) is 7.40. The largest absolute Gasteiger partial charge is 0.496 e. The third kappa shape index (κ3) is 3.71. The number of hydrogen-bond donors (Lipinski definition) is 0. The minimum absolute atomic E-state index is 0.0825. The van der Waals surface area contributed by atoms with Gasteiger partial charge in [0.15, 0.2) is 4.90 Å². The molecule has 0 unspecified atom stereocenters. The quantitative estimate of drug-likeness (QED) is 0.566. The SMILES string of the molecule is C=CCc1ccccc1OS(=O)(=O)c1cc(OC)c(C)cc1OC. The molecule has 2 aromatic carbocycles. The van der Waals surface area contributed by atoms with E-state index in [1.54, 1.807) is 37.3 Å². The van der Waals surface area contributed by atoms with Gasteiger partial charge in [-0.1, -0.05) is 24.3 Å². The van der Waals surface area contributed by atoms with Crippen LogP contribution in [0.5, 0.6) is 17.2 Å². The number of allylic oxidation sites excluding steroid dienone is 1. The van der Waals surface area contributed by atoms with Crippen molar-refractivity contribution in [2.75, 3.05) is 14.2 Å². The van der Waals surface area contributed by atoms with E-state index >= 15 is 0 Å². The number of ether oxygens (including phenoxy) is 2. The molecule has 5 nitrogen and oxygen atoms in total. The van der Waals surface area contributed by atoms with Crippen molar-refractivity contribution >= 4 is 10.1 Å². The van der Waals surface area contributed by atoms with Gasteiger partial charge in [0.05, 0.1) is 14.2 Å². The van der Waals surface area contributed by atoms with Crippen LogP contribution in [0.1, 0.15) is 11.1 Å². The zero-order chi connectivity index (χ0) is 17.7. The number of para-hydroxylation sites is 1. The van der Waals surface area contributed by atoms with Gasteiger partial charge in [0, 0.05) is 6.07 Å². The molecule has 0 aliphatic rings. The summed E-state index contributed by atoms with van der Waals surface area (Å²) in [5.74, 6) is 0.908. The van der Waals surface area contributed by atoms with Gasteiger partial charge in [-0.15, -0.1) is 6.58 Å². The van der Waals surface area contributed by atoms with Crippen LogP contribution < -0.4 is 13.7 Å². The fourth-order valence-electron chi connectivity index (χ4n) is 2.29. The van der Waals surface area contributed by atoms with E-state index in [1.165, 1.54) is 20.3 Å². The van der Waals surface area contributed by atoms with E-state index in [9.17, 15) is 8.42 Å². The molecule has 24 heavy (non-hydrogen) atoms. The lowest BCUT2D eigenvalue weighted by Gasteiger charge is -2.15. The summed E-state index contributed by atoms with van der Waals surface area (Å²) in [6.07, 6.45) is 2.18. The summed E-state index contributed by atoms with van der Waals surface area (Å²) in [7, 11) is -1.20. The van der Waals surface area contributed by atoms with E-state index in [4.69, 9.17) is 13.7 Å². The Hall–Kier alpha value is -2.47. The maximum Gasteiger partial charge on any atom is 0.343 e. The molecule has 0 radical (unpaired) electrons. The van der Waals surface area contributed by atoms with Crippen LogP contribution >= 0.6 is 0 Å². The number of benzene rings is 2. The van der Waals surface area contributed by atoms with Gasteiger partial charge in [0.1, 0.15) is 17.2 Å². The van der Waals surface area contributed by atoms with Crippen molar-refractivity contribution in [3.05, 3.63) is 60.2 Å². The van der Waals surface area contributed by atoms with Crippen molar-refractivity contribution in [3.8, 4) is 17.2 Å². The van der Waals surface area contributed by atoms with E-state index in [0.717, 1.165) is 11.1 Å². The van der Waals surface area contributed by atoms with Crippen LogP contribution in [0, 0.1) is 6.92 Å². The summed E-state index contributed by atoms with van der Waals surface area (Å²) >= 11 is 0. The first-order valence-electron chi connectivity index (χ1n) is 7.29. The molecule has 128 valence electrons. The molecular formula is C18H20O5S. The summed E-state index contributed by atoms with van der Waals surface area (Å²) in [6, 6.07) is 9.93. The summed E-state index contributed by atoms with van der Waals surface area (Å²) in [5.41, 5.74) is 1.49. The minimum Gasteiger partial charge on any atom is -0.496 e. The van der Waals surface area contributed by atoms with E-state index in [2.05, 4.69) is 6.58 Å². The second-order valence-electron chi connectivity index (χ2n) is 5.11. The van der Waals surface area contributed by atoms with Gasteiger partial charge in [0.2, 0.25) is 0 Å². The van der Waals surface area contributed by atoms with Crippen molar-refractivity contribution in [2.24, 2.45) is 0 Å². The molecule has 2 aromatic rings. The van der Waals surface area contributed by atoms with Crippen molar-refractivity contribution in [2.45, 2.75) is 18.2 Å². The normalized spacial score (nSPS) is 11.0. The van der Waals surface area contributed by atoms with E-state index < -0.39 is 10.1 Å². The number of hydrogen-bond acceptors (Lipinski definition) is 5. The van der Waals surface area contributed by atoms with Crippen LogP contribution in [0.4, 0.5) is 0 Å². The second-order valence-corrected chi connectivity index (χ2v) is 6.63. The lowest BCUT2D eigenvalue weighted by atomic mass is 10.1. The molecule has 0 atom stereocenters. The molecule has 6 heteroatoms. The molecule has 0 saturated heterocycles. The fraction of sp³-hybridized carbons (Fsp3) is 0.222. The van der Waals surface area contributed by atoms with Crippen molar-refractivity contribution in [1.29, 1.82) is 0 Å². The summed E-state index contributed by atoms with van der Waals surface area (Å²) in [5, 5.41) is 0. The third-order valence-corrected chi connectivity index (χ3v) is 4.74. The molecule has 0 bridgehead atoms. The minimum atomic E-state index is -4.09. The highest BCUT2D eigenvalue weighted by molar-refractivity contribution is 7.87. The standard InChI is InChI=1S/C18H20O5S/c1-5-8-14-9-6-7-10-15(14)23-24(19,20)18-12-16(21-3)13(2)11-17(18)22-4/h5-7,9-12H,1,8H2,2-4H3. The predicted octanol–water partition coefficient (Wildman–Crippen LogP) is 3.51. The predicted molar refractivity (Wildman–Crippen MR) is 92.4 cm³/mol. The molecule has 0 saturated carbocycles. The topological polar surface area (TPSA) is 61.8 Å². The van der Waals surface area contributed by atoms with E-state index in [1.807, 2.05) is 6.07 Å². The van der Waals surface area contributed by atoms with Crippen LogP contribution in [-0.2, 0) is 16.5 Å². The molecule has 0 aliphatic heterocycles. The van der Waals surface area contributed by atoms with Gasteiger partial charge in [-0.05, 0) is 36.6 Å². The smallest absolute Gasteiger partial charge is 0.343 e. The molecule has 0 aromatic heterocycles. The number of methoxy groups -OCH3 is 2. The van der Waals surface area contributed by atoms with Crippen molar-refractivity contribution < 1.29 is 22.1 Å². The Balaban J connectivity index is 2.50. The highest BCUT2D eigenvalue weighted by Crippen LogP contribution is 2.34. The van der Waals surface area contributed by atoms with Gasteiger partial charge >= 0.3 is 10.1 Å². The first kappa shape index (κ1) is 17.9. The van der Waals surface area contributed by atoms with Gasteiger partial charge in [0.25, 0.3) is 0 Å². The molecular weight excluding hydrogens is 328 g/mol. The molecule has 2 rings (SSSR count). The van der Waals surface area contributed by atoms with E-state index in [-0.39, 0.29) is 16.4 Å². The highest BCUT2D eigenvalue weighted by atomic mass is 32.2. The van der Waals surface area contributed by atoms with Crippen molar-refractivity contribution in [3.63, 3.8) is 0 Å². The molecule has 0 amide bonds. The molecule has 0 aliphatic carbocycles. The molecule has 0 spiro atoms. The monoisotopic (exact) mass is 348 g/mol. The van der Waals surface area contributed by atoms with Gasteiger partial charge in [-0.25, -0.2) is 0 Å². The van der Waals surface area contributed by atoms with Crippen LogP contribution in [0.15, 0.2) is 53.9 Å². The Morgan fingerprint density at radius 2 is 1.71 bits per heavy atom. The van der Waals surface area contributed by atoms with Crippen LogP contribution in [0.25, 0.3) is 0 Å². The average Bonchev–Trinajstić information content (AvgIpc) is 2.56. The van der Waals surface area contributed by atoms with Crippen LogP contribution in [0.2, 0.25) is 0 Å². The zero-order valence-electron chi connectivity index (χ0n) is 13.9. The Kier molecular flexibility index (Phi) is 5.51. The van der Waals surface area contributed by atoms with Gasteiger partial charge in [-0.2, -0.15) is 8.42 Å². The molecule has 0 heterocycles. The zero-order valence-corrected chi connectivity index (χ0v) is 14.7. The van der Waals surface area contributed by atoms with E-state index in [0.29, 0.717) is 12.2 Å². The number of aryl methyl sites for hydroxylation is 1. The first-order valence-corrected chi connectivity index (χ1v) is 8.69. The Morgan fingerprint density at radius 1 is 1.04 bits per heavy atom. The number of rotatable bonds is 7. The fourth-order valence-corrected chi connectivity index (χ4v) is 3.42. The maximum absolute atomic E-state index is 12.7. The average molecular weight is 348 g/mol. The third-order valence-electron chi connectivity index (χ3n) is 3.49. The maximum atomic E-state index is 12.7. The first-order chi connectivity index (χ1) is 11.4. The van der Waals surface area contributed by atoms with Crippen molar-refractivity contribution in [1.82, 2.24) is 0 Å². The molecule has 0 N–H and O–H groups in total. The van der Waals surface area contributed by atoms with Gasteiger partial charge < -0.3 is 13.7 Å². The Labute approximate surface area is 142 Å². The van der Waals surface area contributed by atoms with Gasteiger partial charge in [-0.3, -0.25) is 0 Å². The van der Waals surface area contributed by atoms with Crippen LogP contribution in [-0.4, -0.2) is 22.6 Å². The lowest BCUT2D eigenvalue weighted by molar-refractivity contribution is 0.386. The molecule has 0 fully saturated rings. The summed E-state index contributed by atoms with van der Waals surface area (Å²) < 4.78 is 41.2.